The maximum atomic E-state index is 11.8. The first kappa shape index (κ1) is 11.5. The van der Waals surface area contributed by atoms with E-state index in [9.17, 15) is 22.8 Å². The van der Waals surface area contributed by atoms with Gasteiger partial charge in [-0.25, -0.2) is 9.59 Å². The molecule has 0 heterocycles. The van der Waals surface area contributed by atoms with Crippen LogP contribution >= 0.6 is 0 Å². The van der Waals surface area contributed by atoms with E-state index < -0.39 is 29.3 Å². The van der Waals surface area contributed by atoms with Gasteiger partial charge in [0.25, 0.3) is 0 Å². The quantitative estimate of drug-likeness (QED) is 0.395. The molecule has 7 heteroatoms. The van der Waals surface area contributed by atoms with Gasteiger partial charge < -0.3 is 10.2 Å². The number of hydrogen-bond acceptors (Lipinski definition) is 2. The topological polar surface area (TPSA) is 74.6 Å². The Hall–Kier alpha value is -1.53. The van der Waals surface area contributed by atoms with Gasteiger partial charge in [-0.2, -0.15) is 13.2 Å². The number of carboxylic acids is 2. The standard InChI is InChI=1S/C6H5F3O4/c1-2(6(7,8)9)3(4(10)11)5(12)13/h1H3,(H,10,11)(H,12,13). The predicted octanol–water partition coefficient (Wildman–Crippen LogP) is 1.03. The van der Waals surface area contributed by atoms with Crippen LogP contribution in [0.4, 0.5) is 13.2 Å². The fraction of sp³-hybridized carbons (Fsp3) is 0.333. The van der Waals surface area contributed by atoms with Crippen LogP contribution in [0.1, 0.15) is 6.92 Å². The smallest absolute Gasteiger partial charge is 0.413 e. The lowest BCUT2D eigenvalue weighted by atomic mass is 10.1. The van der Waals surface area contributed by atoms with Crippen molar-refractivity contribution in [2.75, 3.05) is 0 Å². The van der Waals surface area contributed by atoms with Crippen LogP contribution in [0.5, 0.6) is 0 Å². The van der Waals surface area contributed by atoms with E-state index in [4.69, 9.17) is 10.2 Å². The highest BCUT2D eigenvalue weighted by Gasteiger charge is 2.37. The largest absolute Gasteiger partial charge is 0.477 e. The Morgan fingerprint density at radius 2 is 1.38 bits per heavy atom. The van der Waals surface area contributed by atoms with Crippen molar-refractivity contribution in [2.45, 2.75) is 13.1 Å². The van der Waals surface area contributed by atoms with Crippen molar-refractivity contribution >= 4 is 11.9 Å². The predicted molar refractivity (Wildman–Crippen MR) is 34.0 cm³/mol. The van der Waals surface area contributed by atoms with Gasteiger partial charge in [0.2, 0.25) is 0 Å². The molecule has 0 radical (unpaired) electrons. The summed E-state index contributed by atoms with van der Waals surface area (Å²) in [5.74, 6) is -4.22. The van der Waals surface area contributed by atoms with Crippen molar-refractivity contribution in [3.05, 3.63) is 11.1 Å². The molecule has 0 amide bonds. The fourth-order valence-electron chi connectivity index (χ4n) is 0.554. The number of rotatable bonds is 2. The Bertz CT molecular complexity index is 260. The highest BCUT2D eigenvalue weighted by molar-refractivity contribution is 6.13. The molecule has 0 saturated carbocycles. The summed E-state index contributed by atoms with van der Waals surface area (Å²) in [6.45, 7) is 0.400. The Kier molecular flexibility index (Phi) is 3.05. The zero-order valence-corrected chi connectivity index (χ0v) is 6.34. The lowest BCUT2D eigenvalue weighted by molar-refractivity contribution is -0.142. The van der Waals surface area contributed by atoms with E-state index in [1.807, 2.05) is 0 Å². The Labute approximate surface area is 70.3 Å². The number of allylic oxidation sites excluding steroid dienone is 1. The number of aliphatic carboxylic acids is 2. The van der Waals surface area contributed by atoms with Crippen molar-refractivity contribution in [2.24, 2.45) is 0 Å². The molecule has 0 fully saturated rings. The van der Waals surface area contributed by atoms with Crippen LogP contribution in [-0.2, 0) is 9.59 Å². The molecule has 0 aromatic heterocycles. The van der Waals surface area contributed by atoms with Gasteiger partial charge in [-0.1, -0.05) is 0 Å². The van der Waals surface area contributed by atoms with E-state index >= 15 is 0 Å². The molecule has 0 aliphatic carbocycles. The van der Waals surface area contributed by atoms with Crippen LogP contribution in [0.3, 0.4) is 0 Å². The Morgan fingerprint density at radius 1 is 1.08 bits per heavy atom. The molecule has 2 N–H and O–H groups in total. The summed E-state index contributed by atoms with van der Waals surface area (Å²) in [5, 5.41) is 16.3. The maximum Gasteiger partial charge on any atom is 0.413 e. The summed E-state index contributed by atoms with van der Waals surface area (Å²) in [4.78, 5) is 20.2. The molecule has 0 saturated heterocycles. The maximum absolute atomic E-state index is 11.8. The second kappa shape index (κ2) is 3.46. The van der Waals surface area contributed by atoms with Gasteiger partial charge in [-0.05, 0) is 6.92 Å². The molecule has 0 bridgehead atoms. The van der Waals surface area contributed by atoms with E-state index in [1.54, 1.807) is 0 Å². The number of carbonyl (C=O) groups is 2. The normalized spacial score (nSPS) is 10.8. The third-order valence-corrected chi connectivity index (χ3v) is 1.23. The average molecular weight is 198 g/mol. The zero-order chi connectivity index (χ0) is 10.8. The van der Waals surface area contributed by atoms with Crippen LogP contribution in [0.25, 0.3) is 0 Å². The van der Waals surface area contributed by atoms with Crippen molar-refractivity contribution < 1.29 is 33.0 Å². The van der Waals surface area contributed by atoms with E-state index in [-0.39, 0.29) is 0 Å². The third-order valence-electron chi connectivity index (χ3n) is 1.23. The van der Waals surface area contributed by atoms with Gasteiger partial charge in [0.05, 0.1) is 5.57 Å². The van der Waals surface area contributed by atoms with Crippen LogP contribution in [-0.4, -0.2) is 28.3 Å². The SMILES string of the molecule is CC(=C(C(=O)O)C(=O)O)C(F)(F)F. The molecule has 0 unspecified atom stereocenters. The molecular formula is C6H5F3O4. The van der Waals surface area contributed by atoms with Gasteiger partial charge in [0.1, 0.15) is 0 Å². The summed E-state index contributed by atoms with van der Waals surface area (Å²) in [7, 11) is 0. The molecule has 74 valence electrons. The Morgan fingerprint density at radius 3 is 1.46 bits per heavy atom. The molecule has 0 atom stereocenters. The molecule has 0 aliphatic rings. The van der Waals surface area contributed by atoms with Gasteiger partial charge >= 0.3 is 18.1 Å². The third kappa shape index (κ3) is 2.77. The van der Waals surface area contributed by atoms with Gasteiger partial charge in [0.15, 0.2) is 5.57 Å². The van der Waals surface area contributed by atoms with Crippen molar-refractivity contribution in [3.63, 3.8) is 0 Å². The lowest BCUT2D eigenvalue weighted by Gasteiger charge is -2.07. The van der Waals surface area contributed by atoms with E-state index in [2.05, 4.69) is 0 Å². The minimum Gasteiger partial charge on any atom is -0.477 e. The molecule has 13 heavy (non-hydrogen) atoms. The molecule has 0 aromatic carbocycles. The van der Waals surface area contributed by atoms with Crippen LogP contribution in [0.2, 0.25) is 0 Å². The minimum atomic E-state index is -4.94. The number of hydrogen-bond donors (Lipinski definition) is 2. The van der Waals surface area contributed by atoms with E-state index in [1.165, 1.54) is 0 Å². The molecule has 0 aromatic rings. The summed E-state index contributed by atoms with van der Waals surface area (Å²) < 4.78 is 35.5. The number of alkyl halides is 3. The first-order chi connectivity index (χ1) is 5.68. The van der Waals surface area contributed by atoms with Gasteiger partial charge in [-0.15, -0.1) is 0 Å². The summed E-state index contributed by atoms with van der Waals surface area (Å²) >= 11 is 0. The summed E-state index contributed by atoms with van der Waals surface area (Å²) in [6.07, 6.45) is -4.94. The minimum absolute atomic E-state index is 0.400. The fourth-order valence-corrected chi connectivity index (χ4v) is 0.554. The summed E-state index contributed by atoms with van der Waals surface area (Å²) in [6, 6.07) is 0. The second-order valence-corrected chi connectivity index (χ2v) is 2.11. The van der Waals surface area contributed by atoms with E-state index in [0.29, 0.717) is 6.92 Å². The van der Waals surface area contributed by atoms with E-state index in [0.717, 1.165) is 0 Å². The second-order valence-electron chi connectivity index (χ2n) is 2.11. The lowest BCUT2D eigenvalue weighted by Crippen LogP contribution is -2.21. The zero-order valence-electron chi connectivity index (χ0n) is 6.34. The summed E-state index contributed by atoms with van der Waals surface area (Å²) in [5.41, 5.74) is -3.29. The molecule has 0 rings (SSSR count). The van der Waals surface area contributed by atoms with Crippen molar-refractivity contribution in [3.8, 4) is 0 Å². The first-order valence-corrected chi connectivity index (χ1v) is 2.92. The van der Waals surface area contributed by atoms with Crippen molar-refractivity contribution in [1.82, 2.24) is 0 Å². The van der Waals surface area contributed by atoms with Gasteiger partial charge in [0, 0.05) is 0 Å². The Balaban J connectivity index is 5.36. The number of carboxylic acid groups (broad SMARTS) is 2. The molecule has 0 spiro atoms. The number of halogens is 3. The van der Waals surface area contributed by atoms with Crippen LogP contribution in [0.15, 0.2) is 11.1 Å². The molecular weight excluding hydrogens is 193 g/mol. The van der Waals surface area contributed by atoms with Crippen LogP contribution < -0.4 is 0 Å². The molecule has 4 nitrogen and oxygen atoms in total. The van der Waals surface area contributed by atoms with Gasteiger partial charge in [-0.3, -0.25) is 0 Å². The molecule has 0 aliphatic heterocycles. The average Bonchev–Trinajstić information content (AvgIpc) is 1.82. The van der Waals surface area contributed by atoms with Crippen LogP contribution in [0, 0.1) is 0 Å². The van der Waals surface area contributed by atoms with Crippen molar-refractivity contribution in [1.29, 1.82) is 0 Å². The first-order valence-electron chi connectivity index (χ1n) is 2.92. The highest BCUT2D eigenvalue weighted by Crippen LogP contribution is 2.27. The monoisotopic (exact) mass is 198 g/mol. The highest BCUT2D eigenvalue weighted by atomic mass is 19.4.